The average molecular weight is 286 g/mol. The van der Waals surface area contributed by atoms with E-state index in [9.17, 15) is 13.2 Å². The SMILES string of the molecule is COCC1CN(c2ccc(S(N)(=O)=O)cc2)C(=O)O1. The van der Waals surface area contributed by atoms with Crippen LogP contribution >= 0.6 is 0 Å². The highest BCUT2D eigenvalue weighted by Gasteiger charge is 2.32. The number of benzene rings is 1. The molecular weight excluding hydrogens is 272 g/mol. The van der Waals surface area contributed by atoms with Gasteiger partial charge < -0.3 is 9.47 Å². The van der Waals surface area contributed by atoms with Crippen LogP contribution in [0.1, 0.15) is 0 Å². The fourth-order valence-corrected chi connectivity index (χ4v) is 2.34. The number of primary sulfonamides is 1. The number of ether oxygens (including phenoxy) is 2. The molecule has 0 saturated carbocycles. The summed E-state index contributed by atoms with van der Waals surface area (Å²) in [5.41, 5.74) is 0.552. The van der Waals surface area contributed by atoms with Crippen molar-refractivity contribution in [2.24, 2.45) is 5.14 Å². The molecule has 1 heterocycles. The van der Waals surface area contributed by atoms with E-state index in [0.717, 1.165) is 0 Å². The van der Waals surface area contributed by atoms with E-state index < -0.39 is 16.1 Å². The number of rotatable bonds is 4. The first kappa shape index (κ1) is 13.8. The zero-order valence-corrected chi connectivity index (χ0v) is 11.1. The van der Waals surface area contributed by atoms with E-state index in [0.29, 0.717) is 18.8 Å². The molecule has 1 aliphatic rings. The maximum atomic E-state index is 11.6. The summed E-state index contributed by atoms with van der Waals surface area (Å²) >= 11 is 0. The maximum absolute atomic E-state index is 11.6. The fraction of sp³-hybridized carbons (Fsp3) is 0.364. The molecule has 0 spiro atoms. The third-order valence-corrected chi connectivity index (χ3v) is 3.63. The number of nitrogens with zero attached hydrogens (tertiary/aromatic N) is 1. The van der Waals surface area contributed by atoms with Gasteiger partial charge in [-0.25, -0.2) is 18.4 Å². The lowest BCUT2D eigenvalue weighted by atomic mass is 10.3. The minimum Gasteiger partial charge on any atom is -0.441 e. The lowest BCUT2D eigenvalue weighted by Crippen LogP contribution is -2.25. The third kappa shape index (κ3) is 3.03. The molecule has 1 amide bonds. The molecule has 1 atom stereocenters. The highest BCUT2D eigenvalue weighted by molar-refractivity contribution is 7.89. The van der Waals surface area contributed by atoms with Crippen LogP contribution in [0.2, 0.25) is 0 Å². The van der Waals surface area contributed by atoms with Crippen molar-refractivity contribution < 1.29 is 22.7 Å². The number of cyclic esters (lactones) is 1. The van der Waals surface area contributed by atoms with Crippen molar-refractivity contribution in [1.29, 1.82) is 0 Å². The van der Waals surface area contributed by atoms with Gasteiger partial charge >= 0.3 is 6.09 Å². The molecule has 1 aliphatic heterocycles. The van der Waals surface area contributed by atoms with Crippen LogP contribution in [0.25, 0.3) is 0 Å². The maximum Gasteiger partial charge on any atom is 0.414 e. The molecule has 1 fully saturated rings. The number of methoxy groups -OCH3 is 1. The highest BCUT2D eigenvalue weighted by Crippen LogP contribution is 2.23. The zero-order chi connectivity index (χ0) is 14.0. The fourth-order valence-electron chi connectivity index (χ4n) is 1.82. The van der Waals surface area contributed by atoms with Crippen molar-refractivity contribution in [3.05, 3.63) is 24.3 Å². The standard InChI is InChI=1S/C11H14N2O5S/c1-17-7-9-6-13(11(14)18-9)8-2-4-10(5-3-8)19(12,15)16/h2-5,9H,6-7H2,1H3,(H2,12,15,16). The van der Waals surface area contributed by atoms with Crippen molar-refractivity contribution in [3.63, 3.8) is 0 Å². The second-order valence-corrected chi connectivity index (χ2v) is 5.67. The van der Waals surface area contributed by atoms with Crippen molar-refractivity contribution >= 4 is 21.8 Å². The number of hydrogen-bond acceptors (Lipinski definition) is 5. The third-order valence-electron chi connectivity index (χ3n) is 2.70. The molecule has 0 bridgehead atoms. The van der Waals surface area contributed by atoms with Gasteiger partial charge in [-0.15, -0.1) is 0 Å². The summed E-state index contributed by atoms with van der Waals surface area (Å²) in [4.78, 5) is 13.1. The van der Waals surface area contributed by atoms with Crippen LogP contribution in [0.15, 0.2) is 29.2 Å². The van der Waals surface area contributed by atoms with E-state index in [4.69, 9.17) is 14.6 Å². The Balaban J connectivity index is 2.17. The molecule has 0 aromatic heterocycles. The predicted octanol–water partition coefficient (Wildman–Crippen LogP) is 0.306. The summed E-state index contributed by atoms with van der Waals surface area (Å²) in [5.74, 6) is 0. The topological polar surface area (TPSA) is 98.9 Å². The molecule has 2 rings (SSSR count). The van der Waals surface area contributed by atoms with Gasteiger partial charge in [0, 0.05) is 12.8 Å². The smallest absolute Gasteiger partial charge is 0.414 e. The molecule has 1 unspecified atom stereocenters. The van der Waals surface area contributed by atoms with Gasteiger partial charge in [0.1, 0.15) is 6.10 Å². The normalized spacial score (nSPS) is 19.6. The van der Waals surface area contributed by atoms with E-state index in [2.05, 4.69) is 0 Å². The van der Waals surface area contributed by atoms with Gasteiger partial charge in [0.25, 0.3) is 0 Å². The van der Waals surface area contributed by atoms with Crippen LogP contribution in [0.3, 0.4) is 0 Å². The van der Waals surface area contributed by atoms with Gasteiger partial charge in [-0.2, -0.15) is 0 Å². The molecule has 8 heteroatoms. The first-order valence-corrected chi connectivity index (χ1v) is 7.06. The first-order valence-electron chi connectivity index (χ1n) is 5.52. The quantitative estimate of drug-likeness (QED) is 0.858. The lowest BCUT2D eigenvalue weighted by Gasteiger charge is -2.13. The van der Waals surface area contributed by atoms with Crippen molar-refractivity contribution in [1.82, 2.24) is 0 Å². The Bertz CT molecular complexity index is 569. The van der Waals surface area contributed by atoms with Crippen molar-refractivity contribution in [2.45, 2.75) is 11.0 Å². The predicted molar refractivity (Wildman–Crippen MR) is 67.3 cm³/mol. The van der Waals surface area contributed by atoms with Gasteiger partial charge in [0.2, 0.25) is 10.0 Å². The number of carbonyl (C=O) groups excluding carboxylic acids is 1. The lowest BCUT2D eigenvalue weighted by molar-refractivity contribution is 0.0718. The minimum absolute atomic E-state index is 0.00254. The van der Waals surface area contributed by atoms with Gasteiger partial charge in [-0.3, -0.25) is 4.90 Å². The molecule has 2 N–H and O–H groups in total. The largest absolute Gasteiger partial charge is 0.441 e. The Morgan fingerprint density at radius 3 is 2.58 bits per heavy atom. The van der Waals surface area contributed by atoms with Crippen LogP contribution in [-0.4, -0.2) is 40.9 Å². The van der Waals surface area contributed by atoms with E-state index in [1.165, 1.54) is 36.3 Å². The number of hydrogen-bond donors (Lipinski definition) is 1. The van der Waals surface area contributed by atoms with Crippen molar-refractivity contribution in [2.75, 3.05) is 25.2 Å². The molecule has 7 nitrogen and oxygen atoms in total. The van der Waals surface area contributed by atoms with E-state index in [1.54, 1.807) is 0 Å². The summed E-state index contributed by atoms with van der Waals surface area (Å²) in [6.07, 6.45) is -0.805. The Hall–Kier alpha value is -1.64. The van der Waals surface area contributed by atoms with Crippen LogP contribution in [0.4, 0.5) is 10.5 Å². The average Bonchev–Trinajstić information content (AvgIpc) is 2.70. The summed E-state index contributed by atoms with van der Waals surface area (Å²) < 4.78 is 32.3. The van der Waals surface area contributed by atoms with E-state index >= 15 is 0 Å². The number of nitrogens with two attached hydrogens (primary N) is 1. The Labute approximate surface area is 110 Å². The second kappa shape index (κ2) is 5.16. The number of carbonyl (C=O) groups is 1. The zero-order valence-electron chi connectivity index (χ0n) is 10.3. The van der Waals surface area contributed by atoms with E-state index in [1.807, 2.05) is 0 Å². The molecule has 0 radical (unpaired) electrons. The molecule has 1 saturated heterocycles. The van der Waals surface area contributed by atoms with Crippen molar-refractivity contribution in [3.8, 4) is 0 Å². The summed E-state index contributed by atoms with van der Waals surface area (Å²) in [6, 6.07) is 5.72. The van der Waals surface area contributed by atoms with Crippen LogP contribution in [0.5, 0.6) is 0 Å². The summed E-state index contributed by atoms with van der Waals surface area (Å²) in [5, 5.41) is 5.00. The van der Waals surface area contributed by atoms with Gasteiger partial charge in [0.05, 0.1) is 18.0 Å². The molecular formula is C11H14N2O5S. The Morgan fingerprint density at radius 1 is 1.42 bits per heavy atom. The summed E-state index contributed by atoms with van der Waals surface area (Å²) in [6.45, 7) is 0.679. The number of amides is 1. The molecule has 1 aromatic carbocycles. The molecule has 19 heavy (non-hydrogen) atoms. The van der Waals surface area contributed by atoms with Gasteiger partial charge in [-0.05, 0) is 24.3 Å². The van der Waals surface area contributed by atoms with Crippen LogP contribution in [0, 0.1) is 0 Å². The van der Waals surface area contributed by atoms with Gasteiger partial charge in [-0.1, -0.05) is 0 Å². The van der Waals surface area contributed by atoms with E-state index in [-0.39, 0.29) is 11.0 Å². The Morgan fingerprint density at radius 2 is 2.05 bits per heavy atom. The molecule has 0 aliphatic carbocycles. The first-order chi connectivity index (χ1) is 8.91. The monoisotopic (exact) mass is 286 g/mol. The number of sulfonamides is 1. The molecule has 1 aromatic rings. The minimum atomic E-state index is -3.73. The van der Waals surface area contributed by atoms with Crippen LogP contribution < -0.4 is 10.0 Å². The van der Waals surface area contributed by atoms with Gasteiger partial charge in [0.15, 0.2) is 0 Å². The molecule has 104 valence electrons. The van der Waals surface area contributed by atoms with Crippen LogP contribution in [-0.2, 0) is 19.5 Å². The highest BCUT2D eigenvalue weighted by atomic mass is 32.2. The Kier molecular flexibility index (Phi) is 3.74. The summed E-state index contributed by atoms with van der Waals surface area (Å²) in [7, 11) is -2.21. The number of anilines is 1. The second-order valence-electron chi connectivity index (χ2n) is 4.11.